The molecule has 0 saturated heterocycles. The number of hydrogen-bond donors (Lipinski definition) is 0. The maximum atomic E-state index is 13.2. The Kier molecular flexibility index (Phi) is 4.12. The summed E-state index contributed by atoms with van der Waals surface area (Å²) >= 11 is 0. The monoisotopic (exact) mass is 182 g/mol. The van der Waals surface area contributed by atoms with Crippen LogP contribution in [0.5, 0.6) is 0 Å². The summed E-state index contributed by atoms with van der Waals surface area (Å²) in [5.41, 5.74) is 2.88. The molecule has 1 heteroatoms. The van der Waals surface area contributed by atoms with Crippen molar-refractivity contribution in [3.63, 3.8) is 0 Å². The van der Waals surface area contributed by atoms with Crippen LogP contribution in [0.4, 0.5) is 4.39 Å². The molecule has 0 unspecified atom stereocenters. The summed E-state index contributed by atoms with van der Waals surface area (Å²) in [5, 5.41) is 0. The standard InChI is InChI=1S/C11H15F.CH4/c1-7(2)10-5-8(3)9(4)11(12)6-10;/h5-7H,1-4H3;1H4. The van der Waals surface area contributed by atoms with Crippen LogP contribution in [0.15, 0.2) is 12.1 Å². The van der Waals surface area contributed by atoms with Crippen molar-refractivity contribution in [3.05, 3.63) is 34.6 Å². The molecule has 13 heavy (non-hydrogen) atoms. The minimum atomic E-state index is -0.0845. The lowest BCUT2D eigenvalue weighted by atomic mass is 9.98. The second kappa shape index (κ2) is 4.40. The summed E-state index contributed by atoms with van der Waals surface area (Å²) in [5.74, 6) is 0.317. The molecule has 0 heterocycles. The molecular formula is C12H19F. The van der Waals surface area contributed by atoms with Gasteiger partial charge in [0.2, 0.25) is 0 Å². The van der Waals surface area contributed by atoms with E-state index in [9.17, 15) is 4.39 Å². The third-order valence-electron chi connectivity index (χ3n) is 2.29. The summed E-state index contributed by atoms with van der Waals surface area (Å²) < 4.78 is 13.2. The highest BCUT2D eigenvalue weighted by Crippen LogP contribution is 2.20. The minimum absolute atomic E-state index is 0. The van der Waals surface area contributed by atoms with Crippen LogP contribution in [0.3, 0.4) is 0 Å². The quantitative estimate of drug-likeness (QED) is 0.610. The van der Waals surface area contributed by atoms with Gasteiger partial charge < -0.3 is 0 Å². The summed E-state index contributed by atoms with van der Waals surface area (Å²) in [6.07, 6.45) is 0. The topological polar surface area (TPSA) is 0 Å². The summed E-state index contributed by atoms with van der Waals surface area (Å²) in [7, 11) is 0. The molecule has 0 atom stereocenters. The molecule has 0 bridgehead atoms. The fourth-order valence-corrected chi connectivity index (χ4v) is 1.18. The van der Waals surface area contributed by atoms with Gasteiger partial charge in [-0.1, -0.05) is 27.3 Å². The van der Waals surface area contributed by atoms with Crippen LogP contribution in [-0.2, 0) is 0 Å². The fraction of sp³-hybridized carbons (Fsp3) is 0.500. The third-order valence-corrected chi connectivity index (χ3v) is 2.29. The summed E-state index contributed by atoms with van der Waals surface area (Å²) in [6, 6.07) is 3.69. The first kappa shape index (κ1) is 12.2. The van der Waals surface area contributed by atoms with E-state index >= 15 is 0 Å². The minimum Gasteiger partial charge on any atom is -0.207 e. The normalized spacial score (nSPS) is 10.0. The number of hydrogen-bond acceptors (Lipinski definition) is 0. The van der Waals surface area contributed by atoms with E-state index in [4.69, 9.17) is 0 Å². The average Bonchev–Trinajstić information content (AvgIpc) is 1.99. The largest absolute Gasteiger partial charge is 0.207 e. The van der Waals surface area contributed by atoms with Crippen LogP contribution < -0.4 is 0 Å². The van der Waals surface area contributed by atoms with Crippen molar-refractivity contribution >= 4 is 0 Å². The Bertz CT molecular complexity index is 264. The van der Waals surface area contributed by atoms with Crippen molar-refractivity contribution in [1.82, 2.24) is 0 Å². The molecule has 74 valence electrons. The predicted molar refractivity (Wildman–Crippen MR) is 56.7 cm³/mol. The van der Waals surface area contributed by atoms with E-state index in [2.05, 4.69) is 19.9 Å². The van der Waals surface area contributed by atoms with Crippen molar-refractivity contribution < 1.29 is 4.39 Å². The molecule has 0 amide bonds. The van der Waals surface area contributed by atoms with Gasteiger partial charge >= 0.3 is 0 Å². The highest BCUT2D eigenvalue weighted by atomic mass is 19.1. The van der Waals surface area contributed by atoms with Crippen molar-refractivity contribution in [3.8, 4) is 0 Å². The molecule has 0 aliphatic heterocycles. The first-order valence-electron chi connectivity index (χ1n) is 4.29. The average molecular weight is 182 g/mol. The summed E-state index contributed by atoms with van der Waals surface area (Å²) in [6.45, 7) is 7.91. The number of benzene rings is 1. The molecule has 0 aliphatic carbocycles. The summed E-state index contributed by atoms with van der Waals surface area (Å²) in [4.78, 5) is 0. The van der Waals surface area contributed by atoms with Gasteiger partial charge in [-0.2, -0.15) is 0 Å². The van der Waals surface area contributed by atoms with Crippen molar-refractivity contribution in [2.24, 2.45) is 0 Å². The second-order valence-electron chi connectivity index (χ2n) is 3.60. The number of rotatable bonds is 1. The van der Waals surface area contributed by atoms with E-state index in [-0.39, 0.29) is 13.2 Å². The zero-order chi connectivity index (χ0) is 9.30. The second-order valence-corrected chi connectivity index (χ2v) is 3.60. The van der Waals surface area contributed by atoms with E-state index < -0.39 is 0 Å². The lowest BCUT2D eigenvalue weighted by Crippen LogP contribution is -1.94. The molecule has 0 N–H and O–H groups in total. The molecule has 0 spiro atoms. The van der Waals surface area contributed by atoms with E-state index in [0.29, 0.717) is 5.92 Å². The molecule has 0 fully saturated rings. The van der Waals surface area contributed by atoms with Gasteiger partial charge in [0, 0.05) is 0 Å². The predicted octanol–water partition coefficient (Wildman–Crippen LogP) is 4.20. The molecule has 1 aromatic rings. The van der Waals surface area contributed by atoms with Gasteiger partial charge in [0.25, 0.3) is 0 Å². The van der Waals surface area contributed by atoms with E-state index in [1.54, 1.807) is 6.07 Å². The third kappa shape index (κ3) is 2.55. The van der Waals surface area contributed by atoms with Crippen molar-refractivity contribution in [2.75, 3.05) is 0 Å². The van der Waals surface area contributed by atoms with Gasteiger partial charge in [0.15, 0.2) is 0 Å². The van der Waals surface area contributed by atoms with Crippen LogP contribution in [0, 0.1) is 19.7 Å². The first-order valence-corrected chi connectivity index (χ1v) is 4.29. The Morgan fingerprint density at radius 3 is 2.08 bits per heavy atom. The highest BCUT2D eigenvalue weighted by Gasteiger charge is 2.05. The van der Waals surface area contributed by atoms with Crippen molar-refractivity contribution in [1.29, 1.82) is 0 Å². The van der Waals surface area contributed by atoms with Gasteiger partial charge in [-0.3, -0.25) is 0 Å². The Morgan fingerprint density at radius 1 is 1.15 bits per heavy atom. The van der Waals surface area contributed by atoms with E-state index in [1.165, 1.54) is 0 Å². The van der Waals surface area contributed by atoms with Crippen LogP contribution in [0.2, 0.25) is 0 Å². The lowest BCUT2D eigenvalue weighted by molar-refractivity contribution is 0.612. The van der Waals surface area contributed by atoms with Crippen LogP contribution in [-0.4, -0.2) is 0 Å². The molecule has 0 nitrogen and oxygen atoms in total. The van der Waals surface area contributed by atoms with Gasteiger partial charge in [-0.05, 0) is 42.5 Å². The number of aryl methyl sites for hydroxylation is 1. The lowest BCUT2D eigenvalue weighted by Gasteiger charge is -2.09. The molecular weight excluding hydrogens is 163 g/mol. The zero-order valence-corrected chi connectivity index (χ0v) is 8.11. The molecule has 0 radical (unpaired) electrons. The molecule has 0 aromatic heterocycles. The van der Waals surface area contributed by atoms with Crippen LogP contribution >= 0.6 is 0 Å². The van der Waals surface area contributed by atoms with Gasteiger partial charge in [-0.15, -0.1) is 0 Å². The highest BCUT2D eigenvalue weighted by molar-refractivity contribution is 5.32. The van der Waals surface area contributed by atoms with E-state index in [1.807, 2.05) is 13.8 Å². The molecule has 1 rings (SSSR count). The maximum absolute atomic E-state index is 13.2. The first-order chi connectivity index (χ1) is 5.52. The molecule has 0 aliphatic rings. The SMILES string of the molecule is C.Cc1cc(C(C)C)cc(F)c1C. The van der Waals surface area contributed by atoms with Gasteiger partial charge in [0.1, 0.15) is 5.82 Å². The maximum Gasteiger partial charge on any atom is 0.126 e. The van der Waals surface area contributed by atoms with Crippen molar-refractivity contribution in [2.45, 2.75) is 41.0 Å². The Labute approximate surface area is 80.8 Å². The zero-order valence-electron chi connectivity index (χ0n) is 8.11. The van der Waals surface area contributed by atoms with Crippen LogP contribution in [0.25, 0.3) is 0 Å². The van der Waals surface area contributed by atoms with Gasteiger partial charge in [-0.25, -0.2) is 4.39 Å². The Morgan fingerprint density at radius 2 is 1.69 bits per heavy atom. The molecule has 0 saturated carbocycles. The Balaban J connectivity index is 0.00000144. The Hall–Kier alpha value is -0.850. The van der Waals surface area contributed by atoms with Crippen LogP contribution in [0.1, 0.15) is 43.9 Å². The van der Waals surface area contributed by atoms with E-state index in [0.717, 1.165) is 16.7 Å². The fourth-order valence-electron chi connectivity index (χ4n) is 1.18. The number of halogens is 1. The van der Waals surface area contributed by atoms with Gasteiger partial charge in [0.05, 0.1) is 0 Å². The molecule has 1 aromatic carbocycles. The smallest absolute Gasteiger partial charge is 0.126 e.